The van der Waals surface area contributed by atoms with Gasteiger partial charge in [0.1, 0.15) is 5.82 Å². The van der Waals surface area contributed by atoms with E-state index in [1.807, 2.05) is 49.4 Å². The van der Waals surface area contributed by atoms with Crippen LogP contribution in [0.15, 0.2) is 66.8 Å². The second kappa shape index (κ2) is 7.49. The van der Waals surface area contributed by atoms with Crippen molar-refractivity contribution in [3.05, 3.63) is 77.4 Å². The first-order valence-corrected chi connectivity index (χ1v) is 8.54. The third-order valence-corrected chi connectivity index (χ3v) is 4.30. The van der Waals surface area contributed by atoms with Gasteiger partial charge >= 0.3 is 0 Å². The minimum Gasteiger partial charge on any atom is -0.365 e. The van der Waals surface area contributed by atoms with E-state index in [0.717, 1.165) is 27.9 Å². The summed E-state index contributed by atoms with van der Waals surface area (Å²) in [5.74, 6) is 1.47. The minimum absolute atomic E-state index is 0.655. The molecule has 0 fully saturated rings. The van der Waals surface area contributed by atoms with Gasteiger partial charge in [-0.05, 0) is 37.6 Å². The highest BCUT2D eigenvalue weighted by Crippen LogP contribution is 2.27. The van der Waals surface area contributed by atoms with Crippen LogP contribution in [0, 0.1) is 6.92 Å². The average Bonchev–Trinajstić information content (AvgIpc) is 2.62. The van der Waals surface area contributed by atoms with Gasteiger partial charge in [0.15, 0.2) is 5.82 Å². The monoisotopic (exact) mass is 349 g/mol. The van der Waals surface area contributed by atoms with E-state index in [-0.39, 0.29) is 0 Å². The number of benzene rings is 2. The second-order valence-electron chi connectivity index (χ2n) is 5.84. The first kappa shape index (κ1) is 17.2. The SMILES string of the molecule is C=C/C(=C\C)CNc1nc(-c2ccc(C)cc2)nc2cc(Cl)ccc12. The first-order valence-electron chi connectivity index (χ1n) is 8.16. The lowest BCUT2D eigenvalue weighted by atomic mass is 10.1. The van der Waals surface area contributed by atoms with Crippen LogP contribution in [0.1, 0.15) is 12.5 Å². The van der Waals surface area contributed by atoms with E-state index in [9.17, 15) is 0 Å². The van der Waals surface area contributed by atoms with Crippen LogP contribution in [0.2, 0.25) is 5.02 Å². The molecule has 1 N–H and O–H groups in total. The van der Waals surface area contributed by atoms with Crippen LogP contribution in [-0.2, 0) is 0 Å². The molecule has 0 saturated heterocycles. The molecule has 0 aliphatic carbocycles. The molecule has 3 aromatic rings. The van der Waals surface area contributed by atoms with Crippen LogP contribution in [0.25, 0.3) is 22.3 Å². The number of fused-ring (bicyclic) bond motifs is 1. The van der Waals surface area contributed by atoms with E-state index in [1.165, 1.54) is 5.56 Å². The van der Waals surface area contributed by atoms with Crippen LogP contribution in [0.3, 0.4) is 0 Å². The smallest absolute Gasteiger partial charge is 0.162 e. The molecule has 25 heavy (non-hydrogen) atoms. The van der Waals surface area contributed by atoms with E-state index in [0.29, 0.717) is 17.4 Å². The number of anilines is 1. The number of nitrogens with zero attached hydrogens (tertiary/aromatic N) is 2. The number of hydrogen-bond acceptors (Lipinski definition) is 3. The fraction of sp³-hybridized carbons (Fsp3) is 0.143. The quantitative estimate of drug-likeness (QED) is 0.591. The Morgan fingerprint density at radius 3 is 2.60 bits per heavy atom. The lowest BCUT2D eigenvalue weighted by Crippen LogP contribution is -2.07. The Morgan fingerprint density at radius 1 is 1.16 bits per heavy atom. The molecule has 126 valence electrons. The summed E-state index contributed by atoms with van der Waals surface area (Å²) in [4.78, 5) is 9.44. The fourth-order valence-electron chi connectivity index (χ4n) is 2.55. The van der Waals surface area contributed by atoms with Gasteiger partial charge in [-0.25, -0.2) is 9.97 Å². The van der Waals surface area contributed by atoms with Gasteiger partial charge in [-0.15, -0.1) is 0 Å². The zero-order valence-electron chi connectivity index (χ0n) is 14.4. The van der Waals surface area contributed by atoms with E-state index in [2.05, 4.69) is 31.0 Å². The molecule has 0 atom stereocenters. The van der Waals surface area contributed by atoms with Gasteiger partial charge in [0.05, 0.1) is 5.52 Å². The maximum atomic E-state index is 6.16. The van der Waals surface area contributed by atoms with Crippen molar-refractivity contribution in [2.75, 3.05) is 11.9 Å². The van der Waals surface area contributed by atoms with Crippen LogP contribution < -0.4 is 5.32 Å². The van der Waals surface area contributed by atoms with Crippen molar-refractivity contribution in [3.63, 3.8) is 0 Å². The Balaban J connectivity index is 2.09. The highest BCUT2D eigenvalue weighted by molar-refractivity contribution is 6.31. The predicted octanol–water partition coefficient (Wildman–Crippen LogP) is 5.80. The molecule has 2 aromatic carbocycles. The maximum absolute atomic E-state index is 6.16. The van der Waals surface area contributed by atoms with Crippen LogP contribution in [-0.4, -0.2) is 16.5 Å². The zero-order chi connectivity index (χ0) is 17.8. The molecule has 0 aliphatic rings. The highest BCUT2D eigenvalue weighted by Gasteiger charge is 2.10. The molecule has 0 spiro atoms. The summed E-state index contributed by atoms with van der Waals surface area (Å²) in [6.07, 6.45) is 3.87. The second-order valence-corrected chi connectivity index (χ2v) is 6.28. The third-order valence-electron chi connectivity index (χ3n) is 4.06. The Bertz CT molecular complexity index is 943. The number of halogens is 1. The summed E-state index contributed by atoms with van der Waals surface area (Å²) >= 11 is 6.16. The van der Waals surface area contributed by atoms with Crippen molar-refractivity contribution < 1.29 is 0 Å². The van der Waals surface area contributed by atoms with Crippen molar-refractivity contribution >= 4 is 28.3 Å². The van der Waals surface area contributed by atoms with Crippen LogP contribution in [0.4, 0.5) is 5.82 Å². The molecule has 0 saturated carbocycles. The van der Waals surface area contributed by atoms with Crippen molar-refractivity contribution in [2.45, 2.75) is 13.8 Å². The Kier molecular flexibility index (Phi) is 5.15. The number of rotatable bonds is 5. The van der Waals surface area contributed by atoms with Crippen LogP contribution in [0.5, 0.6) is 0 Å². The minimum atomic E-state index is 0.655. The summed E-state index contributed by atoms with van der Waals surface area (Å²) in [6.45, 7) is 8.54. The number of aryl methyl sites for hydroxylation is 1. The molecule has 4 heteroatoms. The largest absolute Gasteiger partial charge is 0.365 e. The molecular formula is C21H20ClN3. The van der Waals surface area contributed by atoms with Crippen molar-refractivity contribution in [1.29, 1.82) is 0 Å². The summed E-state index contributed by atoms with van der Waals surface area (Å²) in [5.41, 5.74) is 4.11. The highest BCUT2D eigenvalue weighted by atomic mass is 35.5. The number of aromatic nitrogens is 2. The first-order chi connectivity index (χ1) is 12.1. The van der Waals surface area contributed by atoms with Crippen molar-refractivity contribution in [2.24, 2.45) is 0 Å². The van der Waals surface area contributed by atoms with Gasteiger partial charge < -0.3 is 5.32 Å². The summed E-state index contributed by atoms with van der Waals surface area (Å²) in [7, 11) is 0. The molecule has 0 amide bonds. The molecule has 3 rings (SSSR count). The third kappa shape index (κ3) is 3.89. The van der Waals surface area contributed by atoms with Crippen molar-refractivity contribution in [3.8, 4) is 11.4 Å². The summed E-state index contributed by atoms with van der Waals surface area (Å²) in [6, 6.07) is 13.9. The van der Waals surface area contributed by atoms with Gasteiger partial charge in [-0.3, -0.25) is 0 Å². The predicted molar refractivity (Wildman–Crippen MR) is 107 cm³/mol. The Morgan fingerprint density at radius 2 is 1.92 bits per heavy atom. The number of nitrogens with one attached hydrogen (secondary N) is 1. The molecule has 0 radical (unpaired) electrons. The molecular weight excluding hydrogens is 330 g/mol. The average molecular weight is 350 g/mol. The van der Waals surface area contributed by atoms with Gasteiger partial charge in [-0.1, -0.05) is 60.2 Å². The molecule has 0 unspecified atom stereocenters. The molecule has 0 aliphatic heterocycles. The number of hydrogen-bond donors (Lipinski definition) is 1. The Hall–Kier alpha value is -2.65. The van der Waals surface area contributed by atoms with Crippen LogP contribution >= 0.6 is 11.6 Å². The van der Waals surface area contributed by atoms with Gasteiger partial charge in [0.2, 0.25) is 0 Å². The van der Waals surface area contributed by atoms with Crippen molar-refractivity contribution in [1.82, 2.24) is 9.97 Å². The topological polar surface area (TPSA) is 37.8 Å². The summed E-state index contributed by atoms with van der Waals surface area (Å²) < 4.78 is 0. The molecule has 0 bridgehead atoms. The van der Waals surface area contributed by atoms with Gasteiger partial charge in [0, 0.05) is 22.5 Å². The number of allylic oxidation sites excluding steroid dienone is 1. The normalized spacial score (nSPS) is 11.6. The maximum Gasteiger partial charge on any atom is 0.162 e. The van der Waals surface area contributed by atoms with Gasteiger partial charge in [0.25, 0.3) is 0 Å². The molecule has 3 nitrogen and oxygen atoms in total. The van der Waals surface area contributed by atoms with Gasteiger partial charge in [-0.2, -0.15) is 0 Å². The van der Waals surface area contributed by atoms with E-state index in [4.69, 9.17) is 21.6 Å². The lowest BCUT2D eigenvalue weighted by molar-refractivity contribution is 1.17. The standard InChI is InChI=1S/C21H20ClN3/c1-4-15(5-2)13-23-21-18-11-10-17(22)12-19(18)24-20(25-21)16-8-6-14(3)7-9-16/h4-12H,1,13H2,2-3H3,(H,23,24,25)/b15-5+. The molecule has 1 aromatic heterocycles. The Labute approximate surface area is 153 Å². The van der Waals surface area contributed by atoms with E-state index >= 15 is 0 Å². The molecule has 1 heterocycles. The lowest BCUT2D eigenvalue weighted by Gasteiger charge is -2.12. The fourth-order valence-corrected chi connectivity index (χ4v) is 2.71. The van der Waals surface area contributed by atoms with E-state index in [1.54, 1.807) is 0 Å². The zero-order valence-corrected chi connectivity index (χ0v) is 15.1. The van der Waals surface area contributed by atoms with E-state index < -0.39 is 0 Å². The summed E-state index contributed by atoms with van der Waals surface area (Å²) in [5, 5.41) is 5.00.